The van der Waals surface area contributed by atoms with Crippen molar-refractivity contribution in [2.75, 3.05) is 39.3 Å². The van der Waals surface area contributed by atoms with E-state index >= 15 is 0 Å². The number of nitrogens with zero attached hydrogens (tertiary/aromatic N) is 4. The van der Waals surface area contributed by atoms with Crippen LogP contribution in [0.3, 0.4) is 0 Å². The molecule has 0 saturated carbocycles. The van der Waals surface area contributed by atoms with Crippen LogP contribution >= 0.6 is 0 Å². The fourth-order valence-electron chi connectivity index (χ4n) is 4.31. The van der Waals surface area contributed by atoms with Crippen LogP contribution in [0.5, 0.6) is 0 Å². The van der Waals surface area contributed by atoms with Crippen molar-refractivity contribution in [2.24, 2.45) is 0 Å². The van der Waals surface area contributed by atoms with Crippen molar-refractivity contribution in [1.29, 1.82) is 0 Å². The lowest BCUT2D eigenvalue weighted by Gasteiger charge is -2.15. The van der Waals surface area contributed by atoms with Gasteiger partial charge in [0.25, 0.3) is 0 Å². The quantitative estimate of drug-likeness (QED) is 0.610. The molecule has 8 nitrogen and oxygen atoms in total. The smallest absolute Gasteiger partial charge is 0.243 e. The van der Waals surface area contributed by atoms with Gasteiger partial charge in [-0.15, -0.1) is 0 Å². The molecule has 0 spiro atoms. The maximum Gasteiger partial charge on any atom is 0.243 e. The average molecular weight is 434 g/mol. The van der Waals surface area contributed by atoms with Crippen LogP contribution in [0, 0.1) is 0 Å². The van der Waals surface area contributed by atoms with Crippen molar-refractivity contribution in [3.8, 4) is 0 Å². The highest BCUT2D eigenvalue weighted by Gasteiger charge is 2.27. The highest BCUT2D eigenvalue weighted by Crippen LogP contribution is 2.24. The molecule has 0 aliphatic carbocycles. The van der Waals surface area contributed by atoms with Crippen LogP contribution in [0.1, 0.15) is 38.5 Å². The van der Waals surface area contributed by atoms with Crippen LogP contribution in [0.15, 0.2) is 29.4 Å². The largest absolute Gasteiger partial charge is 0.356 e. The number of carbonyl (C=O) groups excluding carboxylic acids is 1. The molecule has 0 bridgehead atoms. The molecule has 1 aromatic heterocycles. The number of fused-ring (bicyclic) bond motifs is 1. The number of rotatable bonds is 9. The zero-order valence-corrected chi connectivity index (χ0v) is 18.2. The lowest BCUT2D eigenvalue weighted by atomic mass is 10.3. The van der Waals surface area contributed by atoms with E-state index in [2.05, 4.69) is 15.2 Å². The number of aryl methyl sites for hydroxylation is 1. The normalized spacial score (nSPS) is 18.4. The molecule has 2 saturated heterocycles. The Hall–Kier alpha value is -1.97. The summed E-state index contributed by atoms with van der Waals surface area (Å²) in [5.74, 6) is 0.0338. The molecule has 2 aliphatic heterocycles. The summed E-state index contributed by atoms with van der Waals surface area (Å²) in [5.41, 5.74) is 1.48. The highest BCUT2D eigenvalue weighted by molar-refractivity contribution is 7.89. The monoisotopic (exact) mass is 433 g/mol. The van der Waals surface area contributed by atoms with Gasteiger partial charge in [0.05, 0.1) is 22.3 Å². The van der Waals surface area contributed by atoms with Crippen LogP contribution in [-0.4, -0.2) is 72.3 Å². The Balaban J connectivity index is 1.29. The van der Waals surface area contributed by atoms with E-state index in [1.54, 1.807) is 28.8 Å². The molecule has 4 rings (SSSR count). The van der Waals surface area contributed by atoms with Crippen molar-refractivity contribution in [3.63, 3.8) is 0 Å². The first kappa shape index (κ1) is 21.3. The van der Waals surface area contributed by atoms with Crippen LogP contribution in [0.25, 0.3) is 11.0 Å². The number of amides is 1. The number of hydrogen-bond donors (Lipinski definition) is 1. The van der Waals surface area contributed by atoms with E-state index < -0.39 is 10.0 Å². The maximum absolute atomic E-state index is 12.7. The second-order valence-corrected chi connectivity index (χ2v) is 10.1. The third-order valence-corrected chi connectivity index (χ3v) is 7.94. The van der Waals surface area contributed by atoms with Gasteiger partial charge in [0.2, 0.25) is 15.9 Å². The SMILES string of the molecule is O=C(CCn1cnc2cc(S(=O)(=O)N3CCCC3)ccc21)NCCCN1CCCC1. The van der Waals surface area contributed by atoms with E-state index in [0.29, 0.717) is 38.1 Å². The van der Waals surface area contributed by atoms with Gasteiger partial charge < -0.3 is 14.8 Å². The Labute approximate surface area is 178 Å². The van der Waals surface area contributed by atoms with Crippen LogP contribution in [0.2, 0.25) is 0 Å². The molecule has 164 valence electrons. The number of benzene rings is 1. The van der Waals surface area contributed by atoms with Crippen molar-refractivity contribution in [1.82, 2.24) is 24.1 Å². The Morgan fingerprint density at radius 2 is 1.77 bits per heavy atom. The second-order valence-electron chi connectivity index (χ2n) is 8.20. The first-order valence-electron chi connectivity index (χ1n) is 11.0. The lowest BCUT2D eigenvalue weighted by Crippen LogP contribution is -2.29. The van der Waals surface area contributed by atoms with E-state index in [0.717, 1.165) is 31.3 Å². The molecule has 0 unspecified atom stereocenters. The molecule has 1 amide bonds. The molecule has 9 heteroatoms. The van der Waals surface area contributed by atoms with E-state index in [4.69, 9.17) is 0 Å². The van der Waals surface area contributed by atoms with Crippen molar-refractivity contribution in [2.45, 2.75) is 50.0 Å². The summed E-state index contributed by atoms with van der Waals surface area (Å²) in [6.07, 6.45) is 7.44. The van der Waals surface area contributed by atoms with Gasteiger partial charge in [-0.05, 0) is 69.9 Å². The summed E-state index contributed by atoms with van der Waals surface area (Å²) < 4.78 is 28.9. The molecule has 0 atom stereocenters. The number of nitrogens with one attached hydrogen (secondary N) is 1. The van der Waals surface area contributed by atoms with Crippen LogP contribution < -0.4 is 5.32 Å². The number of aromatic nitrogens is 2. The predicted octanol–water partition coefficient (Wildman–Crippen LogP) is 1.81. The third-order valence-electron chi connectivity index (χ3n) is 6.05. The molecule has 0 radical (unpaired) electrons. The topological polar surface area (TPSA) is 87.5 Å². The number of imidazole rings is 1. The molecule has 2 fully saturated rings. The van der Waals surface area contributed by atoms with Crippen molar-refractivity contribution < 1.29 is 13.2 Å². The summed E-state index contributed by atoms with van der Waals surface area (Å²) in [6, 6.07) is 5.07. The van der Waals surface area contributed by atoms with Gasteiger partial charge in [0.15, 0.2) is 0 Å². The zero-order valence-electron chi connectivity index (χ0n) is 17.4. The second kappa shape index (κ2) is 9.45. The summed E-state index contributed by atoms with van der Waals surface area (Å²) in [6.45, 7) is 5.81. The number of sulfonamides is 1. The number of hydrogen-bond acceptors (Lipinski definition) is 5. The fourth-order valence-corrected chi connectivity index (χ4v) is 5.84. The molecule has 2 aliphatic rings. The zero-order chi connectivity index (χ0) is 21.0. The summed E-state index contributed by atoms with van der Waals surface area (Å²) >= 11 is 0. The molecule has 30 heavy (non-hydrogen) atoms. The molecule has 2 aromatic rings. The molecule has 1 N–H and O–H groups in total. The van der Waals surface area contributed by atoms with Gasteiger partial charge in [-0.3, -0.25) is 4.79 Å². The Kier molecular flexibility index (Phi) is 6.70. The van der Waals surface area contributed by atoms with E-state index in [9.17, 15) is 13.2 Å². The molecular formula is C21H31N5O3S. The third kappa shape index (κ3) is 4.84. The predicted molar refractivity (Wildman–Crippen MR) is 116 cm³/mol. The Bertz CT molecular complexity index is 976. The first-order chi connectivity index (χ1) is 14.5. The highest BCUT2D eigenvalue weighted by atomic mass is 32.2. The number of carbonyl (C=O) groups is 1. The standard InChI is InChI=1S/C21H31N5O3S/c27-21(22-9-5-12-24-10-1-2-11-24)8-15-25-17-23-19-16-18(6-7-20(19)25)30(28,29)26-13-3-4-14-26/h6-7,16-17H,1-5,8-15H2,(H,22,27). The van der Waals surface area contributed by atoms with Gasteiger partial charge in [0.1, 0.15) is 0 Å². The first-order valence-corrected chi connectivity index (χ1v) is 12.4. The minimum atomic E-state index is -3.45. The minimum absolute atomic E-state index is 0.0338. The summed E-state index contributed by atoms with van der Waals surface area (Å²) in [4.78, 5) is 19.3. The van der Waals surface area contributed by atoms with Gasteiger partial charge in [-0.25, -0.2) is 13.4 Å². The van der Waals surface area contributed by atoms with Gasteiger partial charge in [-0.2, -0.15) is 4.31 Å². The Morgan fingerprint density at radius 3 is 2.53 bits per heavy atom. The van der Waals surface area contributed by atoms with E-state index in [1.165, 1.54) is 25.9 Å². The molecular weight excluding hydrogens is 402 g/mol. The minimum Gasteiger partial charge on any atom is -0.356 e. The van der Waals surface area contributed by atoms with Crippen molar-refractivity contribution in [3.05, 3.63) is 24.5 Å². The van der Waals surface area contributed by atoms with Crippen LogP contribution in [0.4, 0.5) is 0 Å². The lowest BCUT2D eigenvalue weighted by molar-refractivity contribution is -0.121. The maximum atomic E-state index is 12.7. The summed E-state index contributed by atoms with van der Waals surface area (Å²) in [5, 5.41) is 2.99. The van der Waals surface area contributed by atoms with E-state index in [-0.39, 0.29) is 10.8 Å². The van der Waals surface area contributed by atoms with Gasteiger partial charge in [-0.1, -0.05) is 0 Å². The average Bonchev–Trinajstić information content (AvgIpc) is 3.51. The van der Waals surface area contributed by atoms with Gasteiger partial charge >= 0.3 is 0 Å². The molecule has 3 heterocycles. The van der Waals surface area contributed by atoms with Gasteiger partial charge in [0, 0.05) is 32.6 Å². The summed E-state index contributed by atoms with van der Waals surface area (Å²) in [7, 11) is -3.45. The Morgan fingerprint density at radius 1 is 1.03 bits per heavy atom. The number of likely N-dealkylation sites (tertiary alicyclic amines) is 1. The fraction of sp³-hybridized carbons (Fsp3) is 0.619. The molecule has 1 aromatic carbocycles. The van der Waals surface area contributed by atoms with E-state index in [1.807, 2.05) is 4.57 Å². The van der Waals surface area contributed by atoms with Crippen molar-refractivity contribution >= 4 is 27.0 Å². The van der Waals surface area contributed by atoms with Crippen LogP contribution in [-0.2, 0) is 21.4 Å².